The van der Waals surface area contributed by atoms with Gasteiger partial charge in [-0.15, -0.1) is 0 Å². The predicted octanol–water partition coefficient (Wildman–Crippen LogP) is -3.99. The summed E-state index contributed by atoms with van der Waals surface area (Å²) in [6, 6.07) is 0. The van der Waals surface area contributed by atoms with E-state index in [9.17, 15) is 30.6 Å². The van der Waals surface area contributed by atoms with Crippen LogP contribution in [0.2, 0.25) is 0 Å². The zero-order chi connectivity index (χ0) is 17.3. The lowest BCUT2D eigenvalue weighted by Crippen LogP contribution is -2.63. The number of rotatable bonds is 4. The number of ether oxygens (including phenoxy) is 3. The van der Waals surface area contributed by atoms with Crippen molar-refractivity contribution in [2.75, 3.05) is 13.2 Å². The van der Waals surface area contributed by atoms with Crippen LogP contribution in [0.4, 0.5) is 0 Å². The highest BCUT2D eigenvalue weighted by molar-refractivity contribution is 9.09. The van der Waals surface area contributed by atoms with E-state index in [1.807, 2.05) is 0 Å². The van der Waals surface area contributed by atoms with Gasteiger partial charge < -0.3 is 50.0 Å². The molecule has 2 rings (SSSR count). The molecule has 2 heterocycles. The van der Waals surface area contributed by atoms with Crippen LogP contribution in [0, 0.1) is 0 Å². The Labute approximate surface area is 140 Å². The standard InChI is InChI=1S/C12H21BrO10/c13-5-7(17)10(4(2-15)21-11(5)20)23-12-9(19)8(18)6(16)3(1-14)22-12/h3-12,14-20H,1-2H2/t3?,4?,5-,6+,7?,8?,9?,10+,11-,12?/m1/s1. The first-order chi connectivity index (χ1) is 10.8. The van der Waals surface area contributed by atoms with Gasteiger partial charge >= 0.3 is 0 Å². The Kier molecular flexibility index (Phi) is 6.73. The fourth-order valence-corrected chi connectivity index (χ4v) is 2.98. The van der Waals surface area contributed by atoms with Gasteiger partial charge in [0.05, 0.1) is 18.0 Å². The minimum absolute atomic E-state index is 0.587. The van der Waals surface area contributed by atoms with Crippen LogP contribution in [0.25, 0.3) is 0 Å². The molecule has 10 atom stereocenters. The maximum absolute atomic E-state index is 10.1. The predicted molar refractivity (Wildman–Crippen MR) is 75.3 cm³/mol. The van der Waals surface area contributed by atoms with E-state index in [0.717, 1.165) is 0 Å². The van der Waals surface area contributed by atoms with E-state index in [1.54, 1.807) is 0 Å². The van der Waals surface area contributed by atoms with Crippen molar-refractivity contribution < 1.29 is 50.0 Å². The molecule has 0 aromatic heterocycles. The fourth-order valence-electron chi connectivity index (χ4n) is 2.55. The lowest BCUT2D eigenvalue weighted by molar-refractivity contribution is -0.340. The van der Waals surface area contributed by atoms with Gasteiger partial charge in [0, 0.05) is 0 Å². The molecule has 23 heavy (non-hydrogen) atoms. The van der Waals surface area contributed by atoms with Crippen LogP contribution in [0.1, 0.15) is 0 Å². The highest BCUT2D eigenvalue weighted by atomic mass is 79.9. The van der Waals surface area contributed by atoms with E-state index in [1.165, 1.54) is 0 Å². The summed E-state index contributed by atoms with van der Waals surface area (Å²) in [4.78, 5) is -0.916. The lowest BCUT2D eigenvalue weighted by atomic mass is 9.98. The minimum Gasteiger partial charge on any atom is -0.394 e. The molecule has 0 radical (unpaired) electrons. The smallest absolute Gasteiger partial charge is 0.187 e. The quantitative estimate of drug-likeness (QED) is 0.229. The second-order valence-corrected chi connectivity index (χ2v) is 6.54. The van der Waals surface area contributed by atoms with Crippen molar-refractivity contribution in [3.63, 3.8) is 0 Å². The van der Waals surface area contributed by atoms with Gasteiger partial charge in [0.1, 0.15) is 42.7 Å². The molecule has 6 unspecified atom stereocenters. The highest BCUT2D eigenvalue weighted by Gasteiger charge is 2.49. The summed E-state index contributed by atoms with van der Waals surface area (Å²) in [6.07, 6.45) is -12.5. The molecular formula is C12H21BrO10. The molecule has 2 aliphatic heterocycles. The minimum atomic E-state index is -1.65. The van der Waals surface area contributed by atoms with E-state index in [2.05, 4.69) is 15.9 Å². The molecule has 0 saturated carbocycles. The zero-order valence-electron chi connectivity index (χ0n) is 11.9. The topological polar surface area (TPSA) is 169 Å². The van der Waals surface area contributed by atoms with Gasteiger partial charge in [-0.05, 0) is 0 Å². The molecule has 0 aromatic carbocycles. The van der Waals surface area contributed by atoms with Gasteiger partial charge in [-0.3, -0.25) is 0 Å². The number of hydrogen-bond donors (Lipinski definition) is 7. The van der Waals surface area contributed by atoms with Crippen molar-refractivity contribution in [2.24, 2.45) is 0 Å². The van der Waals surface area contributed by atoms with E-state index >= 15 is 0 Å². The van der Waals surface area contributed by atoms with Gasteiger partial charge in [0.15, 0.2) is 12.6 Å². The van der Waals surface area contributed by atoms with Crippen molar-refractivity contribution in [3.8, 4) is 0 Å². The SMILES string of the molecule is OCC1OC(O[C@H]2C(CO)O[C@@H](O)[C@H](Br)C2O)C(O)C(O)[C@H]1O. The van der Waals surface area contributed by atoms with Crippen LogP contribution < -0.4 is 0 Å². The van der Waals surface area contributed by atoms with E-state index in [-0.39, 0.29) is 0 Å². The summed E-state index contributed by atoms with van der Waals surface area (Å²) in [5, 5.41) is 67.5. The summed E-state index contributed by atoms with van der Waals surface area (Å²) in [7, 11) is 0. The summed E-state index contributed by atoms with van der Waals surface area (Å²) < 4.78 is 15.7. The van der Waals surface area contributed by atoms with Crippen molar-refractivity contribution in [3.05, 3.63) is 0 Å². The van der Waals surface area contributed by atoms with Crippen molar-refractivity contribution in [1.82, 2.24) is 0 Å². The lowest BCUT2D eigenvalue weighted by Gasteiger charge is -2.45. The molecule has 0 spiro atoms. The number of hydrogen-bond acceptors (Lipinski definition) is 10. The molecule has 0 bridgehead atoms. The van der Waals surface area contributed by atoms with Crippen LogP contribution in [-0.4, -0.2) is 109 Å². The number of halogens is 1. The maximum atomic E-state index is 10.1. The maximum Gasteiger partial charge on any atom is 0.187 e. The molecule has 0 aromatic rings. The first kappa shape index (κ1) is 19.4. The van der Waals surface area contributed by atoms with Gasteiger partial charge in [0.2, 0.25) is 0 Å². The number of alkyl halides is 1. The van der Waals surface area contributed by atoms with E-state index in [4.69, 9.17) is 19.3 Å². The van der Waals surface area contributed by atoms with Crippen LogP contribution in [0.5, 0.6) is 0 Å². The number of aliphatic hydroxyl groups excluding tert-OH is 7. The van der Waals surface area contributed by atoms with Crippen molar-refractivity contribution in [2.45, 2.75) is 60.1 Å². The Morgan fingerprint density at radius 1 is 0.783 bits per heavy atom. The molecular weight excluding hydrogens is 384 g/mol. The van der Waals surface area contributed by atoms with Crippen molar-refractivity contribution in [1.29, 1.82) is 0 Å². The fraction of sp³-hybridized carbons (Fsp3) is 1.00. The average molecular weight is 405 g/mol. The molecule has 7 N–H and O–H groups in total. The third kappa shape index (κ3) is 3.85. The molecule has 2 aliphatic rings. The molecule has 11 heteroatoms. The summed E-state index contributed by atoms with van der Waals surface area (Å²) in [5.41, 5.74) is 0. The van der Waals surface area contributed by atoms with Crippen LogP contribution in [-0.2, 0) is 14.2 Å². The zero-order valence-corrected chi connectivity index (χ0v) is 13.5. The van der Waals surface area contributed by atoms with Gasteiger partial charge in [0.25, 0.3) is 0 Å². The van der Waals surface area contributed by atoms with E-state index in [0.29, 0.717) is 0 Å². The van der Waals surface area contributed by atoms with Gasteiger partial charge in [-0.25, -0.2) is 0 Å². The molecule has 2 saturated heterocycles. The summed E-state index contributed by atoms with van der Waals surface area (Å²) >= 11 is 3.02. The van der Waals surface area contributed by atoms with E-state index < -0.39 is 73.3 Å². The van der Waals surface area contributed by atoms with Crippen LogP contribution in [0.3, 0.4) is 0 Å². The van der Waals surface area contributed by atoms with Crippen molar-refractivity contribution >= 4 is 15.9 Å². The largest absolute Gasteiger partial charge is 0.394 e. The summed E-state index contributed by atoms with van der Waals surface area (Å²) in [6.45, 7) is -1.21. The number of aliphatic hydroxyl groups is 7. The third-order valence-electron chi connectivity index (χ3n) is 3.94. The third-order valence-corrected chi connectivity index (χ3v) is 4.93. The Balaban J connectivity index is 2.11. The average Bonchev–Trinajstić information content (AvgIpc) is 2.55. The second-order valence-electron chi connectivity index (χ2n) is 5.48. The molecule has 136 valence electrons. The second kappa shape index (κ2) is 7.97. The molecule has 2 fully saturated rings. The van der Waals surface area contributed by atoms with Gasteiger partial charge in [-0.1, -0.05) is 15.9 Å². The van der Waals surface area contributed by atoms with Gasteiger partial charge in [-0.2, -0.15) is 0 Å². The Hall–Kier alpha value is 0.0800. The molecule has 0 aliphatic carbocycles. The molecule has 10 nitrogen and oxygen atoms in total. The Morgan fingerprint density at radius 3 is 1.96 bits per heavy atom. The summed E-state index contributed by atoms with van der Waals surface area (Å²) in [5.74, 6) is 0. The molecule has 0 amide bonds. The first-order valence-electron chi connectivity index (χ1n) is 7.04. The Bertz CT molecular complexity index is 383. The monoisotopic (exact) mass is 404 g/mol. The normalized spacial score (nSPS) is 51.7. The Morgan fingerprint density at radius 2 is 1.39 bits per heavy atom. The highest BCUT2D eigenvalue weighted by Crippen LogP contribution is 2.30. The van der Waals surface area contributed by atoms with Crippen LogP contribution >= 0.6 is 15.9 Å². The van der Waals surface area contributed by atoms with Crippen LogP contribution in [0.15, 0.2) is 0 Å². The first-order valence-corrected chi connectivity index (χ1v) is 7.95.